The van der Waals surface area contributed by atoms with Crippen LogP contribution in [0.15, 0.2) is 53.5 Å². The van der Waals surface area contributed by atoms with Crippen LogP contribution in [0.1, 0.15) is 12.5 Å². The number of hydrogen-bond acceptors (Lipinski definition) is 4. The maximum atomic E-state index is 11.5. The van der Waals surface area contributed by atoms with Crippen molar-refractivity contribution >= 4 is 17.6 Å². The van der Waals surface area contributed by atoms with Crippen molar-refractivity contribution in [2.45, 2.75) is 13.5 Å². The van der Waals surface area contributed by atoms with E-state index in [9.17, 15) is 4.79 Å². The maximum absolute atomic E-state index is 11.5. The Hall–Kier alpha value is -3.22. The number of anilines is 1. The number of carbonyl (C=O) groups excluding carboxylic acids is 1. The topological polar surface area (TPSA) is 98.0 Å². The first kappa shape index (κ1) is 19.1. The third-order valence-electron chi connectivity index (χ3n) is 3.44. The highest BCUT2D eigenvalue weighted by Crippen LogP contribution is 2.28. The third-order valence-corrected chi connectivity index (χ3v) is 3.44. The van der Waals surface area contributed by atoms with E-state index in [2.05, 4.69) is 15.6 Å². The number of carbonyl (C=O) groups is 1. The van der Waals surface area contributed by atoms with E-state index in [1.54, 1.807) is 13.2 Å². The van der Waals surface area contributed by atoms with Crippen LogP contribution in [-0.2, 0) is 11.3 Å². The molecule has 0 fully saturated rings. The predicted molar refractivity (Wildman–Crippen MR) is 103 cm³/mol. The van der Waals surface area contributed by atoms with Crippen molar-refractivity contribution in [2.75, 3.05) is 25.6 Å². The molecule has 2 aromatic rings. The second-order valence-corrected chi connectivity index (χ2v) is 5.42. The van der Waals surface area contributed by atoms with Gasteiger partial charge in [-0.1, -0.05) is 24.3 Å². The Kier molecular flexibility index (Phi) is 7.30. The van der Waals surface area contributed by atoms with E-state index in [0.717, 1.165) is 11.3 Å². The summed E-state index contributed by atoms with van der Waals surface area (Å²) in [5.41, 5.74) is 7.68. The number of aliphatic imine (C=N–C) groups is 1. The number of nitrogens with zero attached hydrogens (tertiary/aromatic N) is 1. The number of guanidine groups is 1. The molecule has 0 aliphatic carbocycles. The first-order chi connectivity index (χ1) is 12.6. The van der Waals surface area contributed by atoms with Gasteiger partial charge in [0.25, 0.3) is 5.91 Å². The molecule has 0 aliphatic rings. The summed E-state index contributed by atoms with van der Waals surface area (Å²) in [5, 5.41) is 5.70. The fourth-order valence-electron chi connectivity index (χ4n) is 2.21. The average Bonchev–Trinajstić information content (AvgIpc) is 2.66. The number of rotatable bonds is 8. The number of nitrogens with one attached hydrogen (secondary N) is 2. The van der Waals surface area contributed by atoms with E-state index >= 15 is 0 Å². The maximum Gasteiger partial charge on any atom is 0.257 e. The molecule has 0 heterocycles. The van der Waals surface area contributed by atoms with Crippen molar-refractivity contribution < 1.29 is 14.3 Å². The van der Waals surface area contributed by atoms with Crippen LogP contribution in [-0.4, -0.2) is 32.1 Å². The molecule has 4 N–H and O–H groups in total. The van der Waals surface area contributed by atoms with E-state index in [0.29, 0.717) is 30.5 Å². The standard InChI is InChI=1S/C19H24N4O3/c1-3-21-18(24)13-26-16-10-9-14(11-17(16)25-2)12-22-19(20)23-15-7-5-4-6-8-15/h4-11H,3,12-13H2,1-2H3,(H,21,24)(H3,20,22,23). The van der Waals surface area contributed by atoms with E-state index in [1.165, 1.54) is 0 Å². The number of methoxy groups -OCH3 is 1. The summed E-state index contributed by atoms with van der Waals surface area (Å²) >= 11 is 0. The second kappa shape index (κ2) is 9.93. The predicted octanol–water partition coefficient (Wildman–Crippen LogP) is 2.14. The molecule has 2 rings (SSSR count). The molecule has 0 saturated heterocycles. The lowest BCUT2D eigenvalue weighted by atomic mass is 10.2. The van der Waals surface area contributed by atoms with Gasteiger partial charge < -0.3 is 25.8 Å². The number of ether oxygens (including phenoxy) is 2. The highest BCUT2D eigenvalue weighted by Gasteiger charge is 2.08. The minimum absolute atomic E-state index is 0.0599. The van der Waals surface area contributed by atoms with Gasteiger partial charge in [0.1, 0.15) is 0 Å². The summed E-state index contributed by atoms with van der Waals surface area (Å²) in [6, 6.07) is 15.0. The van der Waals surface area contributed by atoms with Gasteiger partial charge in [0.05, 0.1) is 13.7 Å². The SMILES string of the molecule is CCNC(=O)COc1ccc(CN=C(N)Nc2ccccc2)cc1OC. The summed E-state index contributed by atoms with van der Waals surface area (Å²) in [7, 11) is 1.55. The number of para-hydroxylation sites is 1. The first-order valence-electron chi connectivity index (χ1n) is 8.30. The molecule has 0 aliphatic heterocycles. The van der Waals surface area contributed by atoms with Crippen molar-refractivity contribution in [1.82, 2.24) is 5.32 Å². The Bertz CT molecular complexity index is 748. The Morgan fingerprint density at radius 1 is 1.15 bits per heavy atom. The van der Waals surface area contributed by atoms with Gasteiger partial charge in [-0.25, -0.2) is 4.99 Å². The lowest BCUT2D eigenvalue weighted by Gasteiger charge is -2.12. The molecule has 0 aromatic heterocycles. The van der Waals surface area contributed by atoms with Crippen LogP contribution in [0, 0.1) is 0 Å². The van der Waals surface area contributed by atoms with Gasteiger partial charge in [0, 0.05) is 12.2 Å². The van der Waals surface area contributed by atoms with Crippen LogP contribution in [0.4, 0.5) is 5.69 Å². The van der Waals surface area contributed by atoms with Gasteiger partial charge >= 0.3 is 0 Å². The Morgan fingerprint density at radius 3 is 2.62 bits per heavy atom. The van der Waals surface area contributed by atoms with Crippen LogP contribution in [0.5, 0.6) is 11.5 Å². The molecule has 0 saturated carbocycles. The van der Waals surface area contributed by atoms with Crippen molar-refractivity contribution in [3.05, 3.63) is 54.1 Å². The van der Waals surface area contributed by atoms with Crippen LogP contribution >= 0.6 is 0 Å². The normalized spacial score (nSPS) is 10.9. The smallest absolute Gasteiger partial charge is 0.257 e. The zero-order valence-electron chi connectivity index (χ0n) is 15.0. The Balaban J connectivity index is 1.97. The lowest BCUT2D eigenvalue weighted by Crippen LogP contribution is -2.28. The fourth-order valence-corrected chi connectivity index (χ4v) is 2.21. The number of hydrogen-bond donors (Lipinski definition) is 3. The summed E-state index contributed by atoms with van der Waals surface area (Å²) in [4.78, 5) is 15.8. The monoisotopic (exact) mass is 356 g/mol. The molecule has 26 heavy (non-hydrogen) atoms. The molecule has 0 atom stereocenters. The highest BCUT2D eigenvalue weighted by molar-refractivity contribution is 5.92. The van der Waals surface area contributed by atoms with Gasteiger partial charge in [-0.05, 0) is 36.8 Å². The number of amides is 1. The minimum atomic E-state index is -0.178. The zero-order valence-corrected chi connectivity index (χ0v) is 15.0. The molecule has 0 spiro atoms. The van der Waals surface area contributed by atoms with Crippen LogP contribution < -0.4 is 25.8 Å². The molecule has 2 aromatic carbocycles. The number of likely N-dealkylation sites (N-methyl/N-ethyl adjacent to an activating group) is 1. The van der Waals surface area contributed by atoms with Crippen molar-refractivity contribution in [1.29, 1.82) is 0 Å². The number of nitrogens with two attached hydrogens (primary N) is 1. The third kappa shape index (κ3) is 6.01. The molecule has 138 valence electrons. The largest absolute Gasteiger partial charge is 0.493 e. The molecule has 0 unspecified atom stereocenters. The van der Waals surface area contributed by atoms with Crippen LogP contribution in [0.3, 0.4) is 0 Å². The Labute approximate surface area is 153 Å². The molecular formula is C19H24N4O3. The quantitative estimate of drug-likeness (QED) is 0.497. The summed E-state index contributed by atoms with van der Waals surface area (Å²) < 4.78 is 10.8. The first-order valence-corrected chi connectivity index (χ1v) is 8.30. The van der Waals surface area contributed by atoms with E-state index < -0.39 is 0 Å². The summed E-state index contributed by atoms with van der Waals surface area (Å²) in [5.74, 6) is 1.19. The molecule has 7 heteroatoms. The Morgan fingerprint density at radius 2 is 1.92 bits per heavy atom. The van der Waals surface area contributed by atoms with Crippen molar-refractivity contribution in [3.8, 4) is 11.5 Å². The van der Waals surface area contributed by atoms with Gasteiger partial charge in [-0.3, -0.25) is 4.79 Å². The van der Waals surface area contributed by atoms with E-state index in [-0.39, 0.29) is 12.5 Å². The molecule has 0 bridgehead atoms. The highest BCUT2D eigenvalue weighted by atomic mass is 16.5. The van der Waals surface area contributed by atoms with Gasteiger partial charge in [0.2, 0.25) is 0 Å². The van der Waals surface area contributed by atoms with Gasteiger partial charge in [-0.2, -0.15) is 0 Å². The second-order valence-electron chi connectivity index (χ2n) is 5.42. The molecule has 1 amide bonds. The van der Waals surface area contributed by atoms with E-state index in [4.69, 9.17) is 15.2 Å². The molecule has 7 nitrogen and oxygen atoms in total. The van der Waals surface area contributed by atoms with Crippen LogP contribution in [0.25, 0.3) is 0 Å². The minimum Gasteiger partial charge on any atom is -0.493 e. The van der Waals surface area contributed by atoms with E-state index in [1.807, 2.05) is 49.4 Å². The van der Waals surface area contributed by atoms with Crippen molar-refractivity contribution in [3.63, 3.8) is 0 Å². The van der Waals surface area contributed by atoms with Crippen LogP contribution in [0.2, 0.25) is 0 Å². The van der Waals surface area contributed by atoms with Crippen molar-refractivity contribution in [2.24, 2.45) is 10.7 Å². The zero-order chi connectivity index (χ0) is 18.8. The average molecular weight is 356 g/mol. The summed E-state index contributed by atoms with van der Waals surface area (Å²) in [6.07, 6.45) is 0. The lowest BCUT2D eigenvalue weighted by molar-refractivity contribution is -0.123. The van der Waals surface area contributed by atoms with Gasteiger partial charge in [-0.15, -0.1) is 0 Å². The number of benzene rings is 2. The van der Waals surface area contributed by atoms with Gasteiger partial charge in [0.15, 0.2) is 24.1 Å². The fraction of sp³-hybridized carbons (Fsp3) is 0.263. The summed E-state index contributed by atoms with van der Waals surface area (Å²) in [6.45, 7) is 2.75. The molecule has 0 radical (unpaired) electrons. The molecular weight excluding hydrogens is 332 g/mol.